The van der Waals surface area contributed by atoms with E-state index in [2.05, 4.69) is 20.8 Å². The Labute approximate surface area is 189 Å². The number of carbonyl (C=O) groups excluding carboxylic acids is 2. The monoisotopic (exact) mass is 457 g/mol. The summed E-state index contributed by atoms with van der Waals surface area (Å²) in [6.07, 6.45) is 0.233. The fraction of sp³-hybridized carbons (Fsp3) is 0.273. The van der Waals surface area contributed by atoms with E-state index in [0.29, 0.717) is 16.7 Å². The topological polar surface area (TPSA) is 98.1 Å². The van der Waals surface area contributed by atoms with Crippen LogP contribution < -0.4 is 15.4 Å². The number of thioether (sulfide) groups is 1. The van der Waals surface area contributed by atoms with Crippen LogP contribution in [0.2, 0.25) is 0 Å². The molecule has 0 spiro atoms. The van der Waals surface area contributed by atoms with Crippen LogP contribution in [0.4, 0.5) is 10.1 Å². The molecule has 3 rings (SSSR count). The Hall–Kier alpha value is -3.40. The highest BCUT2D eigenvalue weighted by molar-refractivity contribution is 7.99. The van der Waals surface area contributed by atoms with Crippen molar-refractivity contribution < 1.29 is 18.7 Å². The van der Waals surface area contributed by atoms with Gasteiger partial charge in [-0.2, -0.15) is 0 Å². The summed E-state index contributed by atoms with van der Waals surface area (Å²) in [6, 6.07) is 12.5. The SMILES string of the molecule is COc1ccc(CC(=O)N[C@H](C)c2nnc(SCC(=O)Nc3ccc(F)cc3)n2C)cc1. The molecular formula is C22H24FN5O3S. The molecule has 0 fully saturated rings. The van der Waals surface area contributed by atoms with Crippen molar-refractivity contribution in [1.29, 1.82) is 0 Å². The molecule has 0 aliphatic carbocycles. The standard InChI is InChI=1S/C22H24FN5O3S/c1-14(24-19(29)12-15-4-10-18(31-3)11-5-15)21-26-27-22(28(21)2)32-13-20(30)25-17-8-6-16(23)7-9-17/h4-11,14H,12-13H2,1-3H3,(H,24,29)(H,25,30)/t14-/m1/s1. The molecule has 1 heterocycles. The molecule has 32 heavy (non-hydrogen) atoms. The molecule has 0 saturated heterocycles. The minimum absolute atomic E-state index is 0.113. The number of nitrogens with zero attached hydrogens (tertiary/aromatic N) is 3. The first-order chi connectivity index (χ1) is 15.4. The van der Waals surface area contributed by atoms with Gasteiger partial charge < -0.3 is 19.9 Å². The van der Waals surface area contributed by atoms with Gasteiger partial charge in [-0.15, -0.1) is 10.2 Å². The third-order valence-corrected chi connectivity index (χ3v) is 5.64. The van der Waals surface area contributed by atoms with E-state index >= 15 is 0 Å². The van der Waals surface area contributed by atoms with Crippen LogP contribution in [-0.2, 0) is 23.1 Å². The van der Waals surface area contributed by atoms with Crippen molar-refractivity contribution in [3.8, 4) is 5.75 Å². The van der Waals surface area contributed by atoms with Crippen LogP contribution in [-0.4, -0.2) is 39.4 Å². The summed E-state index contributed by atoms with van der Waals surface area (Å²) >= 11 is 1.22. The fourth-order valence-electron chi connectivity index (χ4n) is 2.98. The van der Waals surface area contributed by atoms with Gasteiger partial charge >= 0.3 is 0 Å². The summed E-state index contributed by atoms with van der Waals surface area (Å²) in [4.78, 5) is 24.5. The van der Waals surface area contributed by atoms with Gasteiger partial charge in [0.25, 0.3) is 0 Å². The average molecular weight is 458 g/mol. The van der Waals surface area contributed by atoms with Crippen molar-refractivity contribution in [2.45, 2.75) is 24.5 Å². The first kappa shape index (κ1) is 23.3. The molecule has 2 aromatic carbocycles. The van der Waals surface area contributed by atoms with Gasteiger partial charge in [0, 0.05) is 12.7 Å². The van der Waals surface area contributed by atoms with Gasteiger partial charge in [-0.05, 0) is 48.9 Å². The van der Waals surface area contributed by atoms with E-state index in [1.165, 1.54) is 36.0 Å². The van der Waals surface area contributed by atoms with Crippen LogP contribution >= 0.6 is 11.8 Å². The number of amides is 2. The molecule has 0 bridgehead atoms. The minimum Gasteiger partial charge on any atom is -0.497 e. The highest BCUT2D eigenvalue weighted by atomic mass is 32.2. The van der Waals surface area contributed by atoms with Crippen molar-refractivity contribution in [3.63, 3.8) is 0 Å². The maximum absolute atomic E-state index is 13.0. The van der Waals surface area contributed by atoms with Gasteiger partial charge in [-0.3, -0.25) is 9.59 Å². The smallest absolute Gasteiger partial charge is 0.234 e. The van der Waals surface area contributed by atoms with E-state index in [-0.39, 0.29) is 35.8 Å². The number of rotatable bonds is 9. The Bertz CT molecular complexity index is 1070. The highest BCUT2D eigenvalue weighted by Crippen LogP contribution is 2.20. The second-order valence-corrected chi connectivity index (χ2v) is 8.00. The van der Waals surface area contributed by atoms with Crippen molar-refractivity contribution in [2.24, 2.45) is 7.05 Å². The second-order valence-electron chi connectivity index (χ2n) is 7.06. The van der Waals surface area contributed by atoms with E-state index < -0.39 is 0 Å². The number of aromatic nitrogens is 3. The highest BCUT2D eigenvalue weighted by Gasteiger charge is 2.18. The number of carbonyl (C=O) groups is 2. The van der Waals surface area contributed by atoms with Gasteiger partial charge in [0.05, 0.1) is 25.3 Å². The van der Waals surface area contributed by atoms with Crippen molar-refractivity contribution >= 4 is 29.3 Å². The average Bonchev–Trinajstić information content (AvgIpc) is 3.15. The lowest BCUT2D eigenvalue weighted by molar-refractivity contribution is -0.121. The molecule has 8 nitrogen and oxygen atoms in total. The molecule has 1 aromatic heterocycles. The van der Waals surface area contributed by atoms with E-state index in [4.69, 9.17) is 4.74 Å². The number of benzene rings is 2. The number of hydrogen-bond donors (Lipinski definition) is 2. The zero-order valence-electron chi connectivity index (χ0n) is 18.0. The third-order valence-electron chi connectivity index (χ3n) is 4.62. The maximum Gasteiger partial charge on any atom is 0.234 e. The molecular weight excluding hydrogens is 433 g/mol. The normalized spacial score (nSPS) is 11.6. The molecule has 2 N–H and O–H groups in total. The fourth-order valence-corrected chi connectivity index (χ4v) is 3.69. The van der Waals surface area contributed by atoms with Gasteiger partial charge in [0.15, 0.2) is 11.0 Å². The third kappa shape index (κ3) is 6.30. The Kier molecular flexibility index (Phi) is 7.82. The summed E-state index contributed by atoms with van der Waals surface area (Å²) in [6.45, 7) is 1.83. The van der Waals surface area contributed by atoms with E-state index in [1.807, 2.05) is 31.2 Å². The van der Waals surface area contributed by atoms with Crippen molar-refractivity contribution in [3.05, 3.63) is 65.7 Å². The number of anilines is 1. The Morgan fingerprint density at radius 1 is 1.09 bits per heavy atom. The number of methoxy groups -OCH3 is 1. The summed E-state index contributed by atoms with van der Waals surface area (Å²) in [5.41, 5.74) is 1.39. The quantitative estimate of drug-likeness (QED) is 0.479. The maximum atomic E-state index is 13.0. The van der Waals surface area contributed by atoms with Crippen LogP contribution in [0.15, 0.2) is 53.7 Å². The number of hydrogen-bond acceptors (Lipinski definition) is 6. The number of nitrogens with one attached hydrogen (secondary N) is 2. The van der Waals surface area contributed by atoms with Gasteiger partial charge in [0.2, 0.25) is 11.8 Å². The molecule has 0 aliphatic rings. The van der Waals surface area contributed by atoms with E-state index in [1.54, 1.807) is 18.7 Å². The Morgan fingerprint density at radius 2 is 1.78 bits per heavy atom. The lowest BCUT2D eigenvalue weighted by atomic mass is 10.1. The largest absolute Gasteiger partial charge is 0.497 e. The summed E-state index contributed by atoms with van der Waals surface area (Å²) in [5, 5.41) is 14.4. The molecule has 1 atom stereocenters. The Morgan fingerprint density at radius 3 is 2.44 bits per heavy atom. The van der Waals surface area contributed by atoms with Crippen LogP contribution in [0.1, 0.15) is 24.4 Å². The number of ether oxygens (including phenoxy) is 1. The molecule has 0 radical (unpaired) electrons. The lowest BCUT2D eigenvalue weighted by Crippen LogP contribution is -2.29. The van der Waals surface area contributed by atoms with E-state index in [0.717, 1.165) is 11.3 Å². The summed E-state index contributed by atoms with van der Waals surface area (Å²) < 4.78 is 19.8. The van der Waals surface area contributed by atoms with Gasteiger partial charge in [-0.1, -0.05) is 23.9 Å². The summed E-state index contributed by atoms with van der Waals surface area (Å²) in [5.74, 6) is 0.675. The molecule has 0 aliphatic heterocycles. The second kappa shape index (κ2) is 10.8. The molecule has 0 unspecified atom stereocenters. The minimum atomic E-state index is -0.366. The predicted molar refractivity (Wildman–Crippen MR) is 120 cm³/mol. The molecule has 3 aromatic rings. The number of halogens is 1. The molecule has 168 valence electrons. The zero-order chi connectivity index (χ0) is 23.1. The van der Waals surface area contributed by atoms with E-state index in [9.17, 15) is 14.0 Å². The van der Waals surface area contributed by atoms with Gasteiger partial charge in [-0.25, -0.2) is 4.39 Å². The van der Waals surface area contributed by atoms with Crippen molar-refractivity contribution in [1.82, 2.24) is 20.1 Å². The molecule has 0 saturated carbocycles. The first-order valence-corrected chi connectivity index (χ1v) is 10.8. The van der Waals surface area contributed by atoms with Gasteiger partial charge in [0.1, 0.15) is 11.6 Å². The first-order valence-electron chi connectivity index (χ1n) is 9.85. The van der Waals surface area contributed by atoms with Crippen LogP contribution in [0.3, 0.4) is 0 Å². The molecule has 2 amide bonds. The lowest BCUT2D eigenvalue weighted by Gasteiger charge is -2.14. The van der Waals surface area contributed by atoms with Crippen molar-refractivity contribution in [2.75, 3.05) is 18.2 Å². The van der Waals surface area contributed by atoms with Crippen LogP contribution in [0.5, 0.6) is 5.75 Å². The zero-order valence-corrected chi connectivity index (χ0v) is 18.8. The molecule has 10 heteroatoms. The predicted octanol–water partition coefficient (Wildman–Crippen LogP) is 3.11. The van der Waals surface area contributed by atoms with Crippen LogP contribution in [0, 0.1) is 5.82 Å². The van der Waals surface area contributed by atoms with Crippen LogP contribution in [0.25, 0.3) is 0 Å². The summed E-state index contributed by atoms with van der Waals surface area (Å²) in [7, 11) is 3.37. The Balaban J connectivity index is 1.51.